The zero-order valence-electron chi connectivity index (χ0n) is 10.5. The Labute approximate surface area is 107 Å². The van der Waals surface area contributed by atoms with Gasteiger partial charge in [0.15, 0.2) is 0 Å². The smallest absolute Gasteiger partial charge is 0.251 e. The third-order valence-corrected chi connectivity index (χ3v) is 3.22. The molecule has 1 heterocycles. The maximum Gasteiger partial charge on any atom is 0.251 e. The Hall–Kier alpha value is -1.59. The summed E-state index contributed by atoms with van der Waals surface area (Å²) in [6.07, 6.45) is 1.02. The van der Waals surface area contributed by atoms with E-state index in [0.29, 0.717) is 18.0 Å². The number of rotatable bonds is 4. The number of hydrogen-bond acceptors (Lipinski definition) is 4. The molecule has 5 nitrogen and oxygen atoms in total. The number of hydrazine groups is 1. The van der Waals surface area contributed by atoms with Gasteiger partial charge in [0.05, 0.1) is 12.3 Å². The zero-order valence-corrected chi connectivity index (χ0v) is 10.5. The Balaban J connectivity index is 1.93. The quantitative estimate of drug-likeness (QED) is 0.550. The van der Waals surface area contributed by atoms with Gasteiger partial charge in [0.25, 0.3) is 5.91 Å². The van der Waals surface area contributed by atoms with Crippen LogP contribution in [-0.2, 0) is 4.74 Å². The van der Waals surface area contributed by atoms with Crippen molar-refractivity contribution in [1.29, 1.82) is 0 Å². The lowest BCUT2D eigenvalue weighted by molar-refractivity contribution is 0.0945. The number of ether oxygens (including phenoxy) is 1. The van der Waals surface area contributed by atoms with Crippen molar-refractivity contribution in [3.8, 4) is 0 Å². The van der Waals surface area contributed by atoms with Gasteiger partial charge in [-0.3, -0.25) is 10.6 Å². The number of nitrogens with two attached hydrogens (primary N) is 1. The van der Waals surface area contributed by atoms with Gasteiger partial charge in [0.2, 0.25) is 0 Å². The number of nitrogens with one attached hydrogen (secondary N) is 2. The Morgan fingerprint density at radius 2 is 2.39 bits per heavy atom. The minimum absolute atomic E-state index is 0.0476. The minimum atomic E-state index is -0.0476. The summed E-state index contributed by atoms with van der Waals surface area (Å²) in [6, 6.07) is 5.40. The molecule has 98 valence electrons. The van der Waals surface area contributed by atoms with Crippen molar-refractivity contribution in [2.24, 2.45) is 11.8 Å². The molecule has 5 heteroatoms. The average molecular weight is 249 g/mol. The lowest BCUT2D eigenvalue weighted by Crippen LogP contribution is -2.29. The third kappa shape index (κ3) is 3.00. The molecule has 1 amide bonds. The van der Waals surface area contributed by atoms with Gasteiger partial charge < -0.3 is 15.5 Å². The Bertz CT molecular complexity index is 428. The fourth-order valence-electron chi connectivity index (χ4n) is 2.05. The number of carbonyl (C=O) groups is 1. The molecule has 1 aliphatic heterocycles. The lowest BCUT2D eigenvalue weighted by atomic mass is 10.1. The van der Waals surface area contributed by atoms with Gasteiger partial charge in [0.1, 0.15) is 0 Å². The van der Waals surface area contributed by atoms with Crippen LogP contribution >= 0.6 is 0 Å². The Kier molecular flexibility index (Phi) is 4.17. The van der Waals surface area contributed by atoms with Gasteiger partial charge >= 0.3 is 0 Å². The van der Waals surface area contributed by atoms with Crippen LogP contribution in [0.3, 0.4) is 0 Å². The summed E-state index contributed by atoms with van der Waals surface area (Å²) in [4.78, 5) is 11.9. The van der Waals surface area contributed by atoms with Crippen LogP contribution in [0.5, 0.6) is 0 Å². The van der Waals surface area contributed by atoms with Crippen molar-refractivity contribution in [2.45, 2.75) is 13.3 Å². The number of carbonyl (C=O) groups excluding carboxylic acids is 1. The van der Waals surface area contributed by atoms with E-state index in [-0.39, 0.29) is 5.91 Å². The first-order chi connectivity index (χ1) is 8.70. The number of hydrogen-bond donors (Lipinski definition) is 3. The summed E-state index contributed by atoms with van der Waals surface area (Å²) < 4.78 is 5.27. The maximum absolute atomic E-state index is 11.9. The van der Waals surface area contributed by atoms with Crippen LogP contribution in [0.25, 0.3) is 0 Å². The lowest BCUT2D eigenvalue weighted by Gasteiger charge is -2.11. The largest absolute Gasteiger partial charge is 0.381 e. The second-order valence-electron chi connectivity index (χ2n) is 4.61. The van der Waals surface area contributed by atoms with Crippen molar-refractivity contribution < 1.29 is 9.53 Å². The van der Waals surface area contributed by atoms with Crippen LogP contribution in [-0.4, -0.2) is 25.7 Å². The van der Waals surface area contributed by atoms with E-state index in [0.717, 1.165) is 30.9 Å². The number of nitrogen functional groups attached to an aromatic ring is 1. The molecule has 0 bridgehead atoms. The Morgan fingerprint density at radius 1 is 1.56 bits per heavy atom. The average Bonchev–Trinajstić information content (AvgIpc) is 2.89. The molecule has 1 aliphatic rings. The van der Waals surface area contributed by atoms with E-state index in [1.54, 1.807) is 6.07 Å². The number of anilines is 1. The van der Waals surface area contributed by atoms with E-state index in [1.807, 2.05) is 19.1 Å². The molecule has 0 radical (unpaired) electrons. The van der Waals surface area contributed by atoms with Crippen LogP contribution in [0.2, 0.25) is 0 Å². The van der Waals surface area contributed by atoms with Crippen LogP contribution < -0.4 is 16.6 Å². The highest BCUT2D eigenvalue weighted by Crippen LogP contribution is 2.15. The van der Waals surface area contributed by atoms with Crippen LogP contribution in [0, 0.1) is 12.8 Å². The highest BCUT2D eigenvalue weighted by atomic mass is 16.5. The molecular formula is C13H19N3O2. The van der Waals surface area contributed by atoms with Crippen molar-refractivity contribution in [2.75, 3.05) is 25.2 Å². The number of aryl methyl sites for hydroxylation is 1. The number of amides is 1. The molecule has 0 aliphatic carbocycles. The minimum Gasteiger partial charge on any atom is -0.381 e. The molecule has 1 fully saturated rings. The normalized spacial score (nSPS) is 18.7. The molecule has 1 atom stereocenters. The monoisotopic (exact) mass is 249 g/mol. The SMILES string of the molecule is Cc1cc(C(=O)NCC2CCOC2)ccc1NN. The standard InChI is InChI=1S/C13H19N3O2/c1-9-6-11(2-3-12(9)16-14)13(17)15-7-10-4-5-18-8-10/h2-3,6,10,16H,4-5,7-8,14H2,1H3,(H,15,17). The molecule has 0 saturated carbocycles. The Morgan fingerprint density at radius 3 is 3.00 bits per heavy atom. The molecule has 4 N–H and O–H groups in total. The molecule has 0 aromatic heterocycles. The fraction of sp³-hybridized carbons (Fsp3) is 0.462. The second kappa shape index (κ2) is 5.84. The molecule has 1 saturated heterocycles. The van der Waals surface area contributed by atoms with Crippen LogP contribution in [0.1, 0.15) is 22.3 Å². The van der Waals surface area contributed by atoms with E-state index in [2.05, 4.69) is 10.7 Å². The van der Waals surface area contributed by atoms with E-state index in [1.165, 1.54) is 0 Å². The summed E-state index contributed by atoms with van der Waals surface area (Å²) in [5, 5.41) is 2.93. The highest BCUT2D eigenvalue weighted by molar-refractivity contribution is 5.94. The topological polar surface area (TPSA) is 76.4 Å². The summed E-state index contributed by atoms with van der Waals surface area (Å²) in [6.45, 7) is 4.14. The van der Waals surface area contributed by atoms with Gasteiger partial charge in [-0.25, -0.2) is 0 Å². The van der Waals surface area contributed by atoms with Crippen molar-refractivity contribution in [3.63, 3.8) is 0 Å². The first-order valence-corrected chi connectivity index (χ1v) is 6.14. The summed E-state index contributed by atoms with van der Waals surface area (Å²) >= 11 is 0. The van der Waals surface area contributed by atoms with E-state index in [4.69, 9.17) is 10.6 Å². The predicted molar refractivity (Wildman–Crippen MR) is 70.2 cm³/mol. The summed E-state index contributed by atoms with van der Waals surface area (Å²) in [5.41, 5.74) is 5.03. The molecule has 1 aromatic carbocycles. The summed E-state index contributed by atoms with van der Waals surface area (Å²) in [7, 11) is 0. The van der Waals surface area contributed by atoms with Gasteiger partial charge in [-0.05, 0) is 37.1 Å². The molecule has 18 heavy (non-hydrogen) atoms. The van der Waals surface area contributed by atoms with E-state index < -0.39 is 0 Å². The molecule has 2 rings (SSSR count). The zero-order chi connectivity index (χ0) is 13.0. The second-order valence-corrected chi connectivity index (χ2v) is 4.61. The van der Waals surface area contributed by atoms with Gasteiger partial charge in [-0.1, -0.05) is 0 Å². The van der Waals surface area contributed by atoms with Crippen LogP contribution in [0.4, 0.5) is 5.69 Å². The molecule has 1 unspecified atom stereocenters. The van der Waals surface area contributed by atoms with E-state index in [9.17, 15) is 4.79 Å². The first-order valence-electron chi connectivity index (χ1n) is 6.14. The third-order valence-electron chi connectivity index (χ3n) is 3.22. The van der Waals surface area contributed by atoms with Gasteiger partial charge in [-0.15, -0.1) is 0 Å². The number of benzene rings is 1. The molecular weight excluding hydrogens is 230 g/mol. The van der Waals surface area contributed by atoms with Crippen LogP contribution in [0.15, 0.2) is 18.2 Å². The first kappa shape index (κ1) is 12.9. The van der Waals surface area contributed by atoms with Crippen molar-refractivity contribution >= 4 is 11.6 Å². The van der Waals surface area contributed by atoms with Crippen molar-refractivity contribution in [3.05, 3.63) is 29.3 Å². The summed E-state index contributed by atoms with van der Waals surface area (Å²) in [5.74, 6) is 5.75. The molecule has 1 aromatic rings. The van der Waals surface area contributed by atoms with Crippen molar-refractivity contribution in [1.82, 2.24) is 5.32 Å². The maximum atomic E-state index is 11.9. The predicted octanol–water partition coefficient (Wildman–Crippen LogP) is 1.05. The van der Waals surface area contributed by atoms with Gasteiger partial charge in [0, 0.05) is 24.6 Å². The van der Waals surface area contributed by atoms with E-state index >= 15 is 0 Å². The molecule has 0 spiro atoms. The fourth-order valence-corrected chi connectivity index (χ4v) is 2.05. The highest BCUT2D eigenvalue weighted by Gasteiger charge is 2.16. The van der Waals surface area contributed by atoms with Gasteiger partial charge in [-0.2, -0.15) is 0 Å².